The molecule has 0 atom stereocenters. The van der Waals surface area contributed by atoms with Gasteiger partial charge in [-0.1, -0.05) is 18.8 Å². The van der Waals surface area contributed by atoms with Gasteiger partial charge in [-0.25, -0.2) is 0 Å². The Morgan fingerprint density at radius 1 is 1.19 bits per heavy atom. The van der Waals surface area contributed by atoms with Gasteiger partial charge in [-0.3, -0.25) is 4.90 Å². The van der Waals surface area contributed by atoms with Crippen LogP contribution in [0.1, 0.15) is 39.2 Å². The lowest BCUT2D eigenvalue weighted by Gasteiger charge is -2.25. The Balaban J connectivity index is 2.40. The van der Waals surface area contributed by atoms with Gasteiger partial charge in [-0.05, 0) is 51.1 Å². The predicted molar refractivity (Wildman–Crippen MR) is 87.5 cm³/mol. The van der Waals surface area contributed by atoms with Gasteiger partial charge in [0.15, 0.2) is 0 Å². The van der Waals surface area contributed by atoms with E-state index in [0.29, 0.717) is 19.1 Å². The number of benzene rings is 1. The molecule has 0 heterocycles. The van der Waals surface area contributed by atoms with Crippen molar-refractivity contribution in [2.45, 2.75) is 39.7 Å². The largest absolute Gasteiger partial charge is 0.492 e. The first-order valence-corrected chi connectivity index (χ1v) is 7.74. The maximum absolute atomic E-state index is 8.68. The molecule has 116 valence electrons. The van der Waals surface area contributed by atoms with Gasteiger partial charge >= 0.3 is 0 Å². The zero-order valence-electron chi connectivity index (χ0n) is 13.4. The van der Waals surface area contributed by atoms with Crippen LogP contribution < -0.4 is 4.74 Å². The Labute approximate surface area is 128 Å². The predicted octanol–water partition coefficient (Wildman–Crippen LogP) is 2.92. The van der Waals surface area contributed by atoms with E-state index in [9.17, 15) is 0 Å². The summed E-state index contributed by atoms with van der Waals surface area (Å²) in [6, 6.07) is 8.35. The number of hydrogen-bond donors (Lipinski definition) is 1. The number of hydrogen-bond acceptors (Lipinski definition) is 3. The van der Waals surface area contributed by atoms with Gasteiger partial charge in [0.1, 0.15) is 12.4 Å². The third-order valence-electron chi connectivity index (χ3n) is 3.21. The molecule has 0 fully saturated rings. The molecule has 0 saturated heterocycles. The van der Waals surface area contributed by atoms with Crippen LogP contribution in [-0.4, -0.2) is 42.4 Å². The molecule has 1 aromatic carbocycles. The average Bonchev–Trinajstić information content (AvgIpc) is 2.48. The second-order valence-electron chi connectivity index (χ2n) is 5.28. The minimum absolute atomic E-state index is 0.109. The lowest BCUT2D eigenvalue weighted by atomic mass is 10.2. The molecule has 0 aliphatic rings. The van der Waals surface area contributed by atoms with E-state index >= 15 is 0 Å². The summed E-state index contributed by atoms with van der Waals surface area (Å²) in [6.07, 6.45) is 1.68. The van der Waals surface area contributed by atoms with Crippen LogP contribution >= 0.6 is 0 Å². The minimum Gasteiger partial charge on any atom is -0.492 e. The van der Waals surface area contributed by atoms with Crippen molar-refractivity contribution in [1.82, 2.24) is 4.90 Å². The number of aliphatic hydroxyl groups is 1. The number of rotatable bonds is 8. The molecule has 21 heavy (non-hydrogen) atoms. The molecule has 1 rings (SSSR count). The summed E-state index contributed by atoms with van der Waals surface area (Å²) in [5, 5.41) is 8.68. The molecule has 3 heteroatoms. The highest BCUT2D eigenvalue weighted by atomic mass is 16.5. The topological polar surface area (TPSA) is 32.7 Å². The van der Waals surface area contributed by atoms with E-state index in [4.69, 9.17) is 9.84 Å². The summed E-state index contributed by atoms with van der Waals surface area (Å²) >= 11 is 0. The maximum atomic E-state index is 8.68. The lowest BCUT2D eigenvalue weighted by Crippen LogP contribution is -2.35. The fraction of sp³-hybridized carbons (Fsp3) is 0.556. The molecule has 0 aromatic heterocycles. The smallest absolute Gasteiger partial charge is 0.119 e. The van der Waals surface area contributed by atoms with Gasteiger partial charge in [0.2, 0.25) is 0 Å². The van der Waals surface area contributed by atoms with E-state index in [0.717, 1.165) is 24.4 Å². The van der Waals surface area contributed by atoms with Crippen LogP contribution in [0.2, 0.25) is 0 Å². The Bertz CT molecular complexity index is 443. The molecule has 0 aliphatic carbocycles. The molecule has 0 aliphatic heterocycles. The summed E-state index contributed by atoms with van der Waals surface area (Å²) in [7, 11) is 0. The van der Waals surface area contributed by atoms with Crippen molar-refractivity contribution in [2.24, 2.45) is 0 Å². The van der Waals surface area contributed by atoms with Crippen molar-refractivity contribution < 1.29 is 9.84 Å². The van der Waals surface area contributed by atoms with E-state index in [-0.39, 0.29) is 6.61 Å². The Morgan fingerprint density at radius 3 is 2.48 bits per heavy atom. The minimum atomic E-state index is 0.109. The van der Waals surface area contributed by atoms with E-state index in [1.165, 1.54) is 6.42 Å². The highest BCUT2D eigenvalue weighted by Gasteiger charge is 2.07. The molecule has 0 radical (unpaired) electrons. The normalized spacial score (nSPS) is 10.6. The van der Waals surface area contributed by atoms with Gasteiger partial charge in [0.25, 0.3) is 0 Å². The first-order valence-electron chi connectivity index (χ1n) is 7.74. The van der Waals surface area contributed by atoms with E-state index in [1.54, 1.807) is 0 Å². The van der Waals surface area contributed by atoms with Crippen LogP contribution in [-0.2, 0) is 0 Å². The summed E-state index contributed by atoms with van der Waals surface area (Å²) in [6.45, 7) is 9.51. The van der Waals surface area contributed by atoms with Crippen molar-refractivity contribution in [1.29, 1.82) is 0 Å². The average molecular weight is 289 g/mol. The third-order valence-corrected chi connectivity index (χ3v) is 3.21. The summed E-state index contributed by atoms with van der Waals surface area (Å²) < 4.78 is 5.78. The highest BCUT2D eigenvalue weighted by molar-refractivity contribution is 5.38. The molecule has 1 aromatic rings. The summed E-state index contributed by atoms with van der Waals surface area (Å²) in [5.74, 6) is 6.79. The quantitative estimate of drug-likeness (QED) is 0.747. The number of nitrogens with zero attached hydrogens (tertiary/aromatic N) is 1. The molecule has 3 nitrogen and oxygen atoms in total. The number of ether oxygens (including phenoxy) is 1. The van der Waals surface area contributed by atoms with Crippen LogP contribution in [0, 0.1) is 11.8 Å². The lowest BCUT2D eigenvalue weighted by molar-refractivity contribution is 0.176. The van der Waals surface area contributed by atoms with Crippen LogP contribution in [0.5, 0.6) is 5.75 Å². The van der Waals surface area contributed by atoms with Crippen molar-refractivity contribution in [3.63, 3.8) is 0 Å². The first-order chi connectivity index (χ1) is 10.2. The van der Waals surface area contributed by atoms with Gasteiger partial charge in [-0.15, -0.1) is 0 Å². The van der Waals surface area contributed by atoms with Crippen LogP contribution in [0.25, 0.3) is 0 Å². The molecular weight excluding hydrogens is 262 g/mol. The first kappa shape index (κ1) is 17.6. The molecular formula is C18H27NO2. The SMILES string of the molecule is CCCN(CCOc1ccc(C#CCCO)cc1)C(C)C. The van der Waals surface area contributed by atoms with Crippen LogP contribution in [0.15, 0.2) is 24.3 Å². The van der Waals surface area contributed by atoms with E-state index in [1.807, 2.05) is 24.3 Å². The molecule has 0 bridgehead atoms. The van der Waals surface area contributed by atoms with Crippen LogP contribution in [0.3, 0.4) is 0 Å². The van der Waals surface area contributed by atoms with Crippen LogP contribution in [0.4, 0.5) is 0 Å². The fourth-order valence-corrected chi connectivity index (χ4v) is 2.05. The second kappa shape index (κ2) is 10.3. The molecule has 0 amide bonds. The summed E-state index contributed by atoms with van der Waals surface area (Å²) in [5.41, 5.74) is 0.950. The van der Waals surface area contributed by atoms with Gasteiger partial charge in [0, 0.05) is 24.6 Å². The van der Waals surface area contributed by atoms with E-state index < -0.39 is 0 Å². The molecule has 0 unspecified atom stereocenters. The zero-order chi connectivity index (χ0) is 15.5. The second-order valence-corrected chi connectivity index (χ2v) is 5.28. The number of aliphatic hydroxyl groups excluding tert-OH is 1. The monoisotopic (exact) mass is 289 g/mol. The Hall–Kier alpha value is -1.50. The van der Waals surface area contributed by atoms with Gasteiger partial charge < -0.3 is 9.84 Å². The molecule has 0 spiro atoms. The molecule has 0 saturated carbocycles. The fourth-order valence-electron chi connectivity index (χ4n) is 2.05. The van der Waals surface area contributed by atoms with Crippen molar-refractivity contribution in [3.8, 4) is 17.6 Å². The Morgan fingerprint density at radius 2 is 1.90 bits per heavy atom. The van der Waals surface area contributed by atoms with Crippen molar-refractivity contribution in [2.75, 3.05) is 26.3 Å². The van der Waals surface area contributed by atoms with Gasteiger partial charge in [0.05, 0.1) is 6.61 Å². The third kappa shape index (κ3) is 7.17. The standard InChI is InChI=1S/C18H27NO2/c1-4-12-19(16(2)3)13-15-21-18-10-8-17(9-11-18)7-5-6-14-20/h8-11,16,20H,4,6,12-15H2,1-3H3. The Kier molecular flexibility index (Phi) is 8.57. The summed E-state index contributed by atoms with van der Waals surface area (Å²) in [4.78, 5) is 2.43. The molecule has 1 N–H and O–H groups in total. The van der Waals surface area contributed by atoms with Gasteiger partial charge in [-0.2, -0.15) is 0 Å². The maximum Gasteiger partial charge on any atom is 0.119 e. The van der Waals surface area contributed by atoms with E-state index in [2.05, 4.69) is 37.5 Å². The highest BCUT2D eigenvalue weighted by Crippen LogP contribution is 2.12. The van der Waals surface area contributed by atoms with Crippen molar-refractivity contribution >= 4 is 0 Å². The van der Waals surface area contributed by atoms with Crippen molar-refractivity contribution in [3.05, 3.63) is 29.8 Å². The zero-order valence-corrected chi connectivity index (χ0v) is 13.4.